The van der Waals surface area contributed by atoms with E-state index in [4.69, 9.17) is 0 Å². The van der Waals surface area contributed by atoms with Gasteiger partial charge in [0.2, 0.25) is 5.91 Å². The Morgan fingerprint density at radius 1 is 1.21 bits per heavy atom. The molecule has 0 aliphatic carbocycles. The summed E-state index contributed by atoms with van der Waals surface area (Å²) in [5, 5.41) is 2.61. The van der Waals surface area contributed by atoms with Crippen LogP contribution in [0.25, 0.3) is 0 Å². The molecule has 1 aromatic rings. The third-order valence-electron chi connectivity index (χ3n) is 1.47. The third-order valence-corrected chi connectivity index (χ3v) is 1.47. The fourth-order valence-electron chi connectivity index (χ4n) is 0.953. The van der Waals surface area contributed by atoms with Gasteiger partial charge in [-0.3, -0.25) is 9.59 Å². The summed E-state index contributed by atoms with van der Waals surface area (Å²) in [5.74, 6) is -0.396. The van der Waals surface area contributed by atoms with Crippen LogP contribution in [-0.4, -0.2) is 63.1 Å². The first kappa shape index (κ1) is 14.0. The largest absolute Gasteiger partial charge is 0.326 e. The number of ketones is 1. The van der Waals surface area contributed by atoms with E-state index in [9.17, 15) is 9.59 Å². The van der Waals surface area contributed by atoms with Crippen molar-refractivity contribution in [1.82, 2.24) is 0 Å². The Bertz CT molecular complexity index is 311. The molecule has 1 amide bonds. The molecule has 0 unspecified atom stereocenters. The molecule has 69 valence electrons. The van der Waals surface area contributed by atoms with Crippen molar-refractivity contribution >= 4 is 68.8 Å². The number of anilines is 1. The van der Waals surface area contributed by atoms with Crippen LogP contribution in [0.5, 0.6) is 0 Å². The summed E-state index contributed by atoms with van der Waals surface area (Å²) in [5.41, 5.74) is 0.716. The van der Waals surface area contributed by atoms with E-state index in [1.807, 2.05) is 18.2 Å². The molecule has 4 heteroatoms. The van der Waals surface area contributed by atoms with Gasteiger partial charge in [0.15, 0.2) is 0 Å². The normalized spacial score (nSPS) is 8.64. The van der Waals surface area contributed by atoms with Gasteiger partial charge in [0, 0.05) is 57.1 Å². The van der Waals surface area contributed by atoms with Crippen LogP contribution in [0.3, 0.4) is 0 Å². The van der Waals surface area contributed by atoms with E-state index in [2.05, 4.69) is 5.32 Å². The molecule has 0 aliphatic rings. The van der Waals surface area contributed by atoms with Crippen molar-refractivity contribution < 1.29 is 9.59 Å². The summed E-state index contributed by atoms with van der Waals surface area (Å²) in [4.78, 5) is 21.7. The van der Waals surface area contributed by atoms with E-state index < -0.39 is 0 Å². The second-order valence-corrected chi connectivity index (χ2v) is 2.79. The van der Waals surface area contributed by atoms with Gasteiger partial charge in [-0.1, -0.05) is 18.2 Å². The number of amides is 1. The Morgan fingerprint density at radius 3 is 2.29 bits per heavy atom. The summed E-state index contributed by atoms with van der Waals surface area (Å²) < 4.78 is 0. The Hall–Kier alpha value is -0.00364. The predicted molar refractivity (Wildman–Crippen MR) is 56.1 cm³/mol. The molecule has 0 spiro atoms. The topological polar surface area (TPSA) is 46.2 Å². The van der Waals surface area contributed by atoms with Crippen LogP contribution in [0.2, 0.25) is 0 Å². The summed E-state index contributed by atoms with van der Waals surface area (Å²) in [7, 11) is 0. The van der Waals surface area contributed by atoms with Crippen LogP contribution < -0.4 is 5.32 Å². The second kappa shape index (κ2) is 7.31. The molecule has 1 aromatic carbocycles. The van der Waals surface area contributed by atoms with E-state index in [0.29, 0.717) is 5.69 Å². The zero-order valence-electron chi connectivity index (χ0n) is 8.41. The van der Waals surface area contributed by atoms with Crippen LogP contribution in [0.4, 0.5) is 5.69 Å². The Morgan fingerprint density at radius 2 is 1.79 bits per heavy atom. The minimum atomic E-state index is -0.265. The molecule has 0 bridgehead atoms. The van der Waals surface area contributed by atoms with Gasteiger partial charge in [0.25, 0.3) is 0 Å². The maximum atomic E-state index is 11.1. The fourth-order valence-corrected chi connectivity index (χ4v) is 0.953. The number of hydrogen-bond donors (Lipinski definition) is 1. The van der Waals surface area contributed by atoms with E-state index in [1.54, 1.807) is 12.1 Å². The Kier molecular flexibility index (Phi) is 7.31. The number of carbonyl (C=O) groups excluding carboxylic acids is 2. The average molecular weight is 216 g/mol. The number of benzene rings is 1. The molecule has 0 heterocycles. The predicted octanol–water partition coefficient (Wildman–Crippen LogP) is 1.22. The third kappa shape index (κ3) is 5.67. The first-order valence-electron chi connectivity index (χ1n) is 4.03. The van der Waals surface area contributed by atoms with Crippen LogP contribution in [0, 0.1) is 0 Å². The van der Waals surface area contributed by atoms with Crippen molar-refractivity contribution in [3.63, 3.8) is 0 Å². The van der Waals surface area contributed by atoms with Gasteiger partial charge >= 0.3 is 0 Å². The molecule has 14 heavy (non-hydrogen) atoms. The molecule has 1 radical (unpaired) electrons. The number of Topliss-reactive ketones (excluding diaryl/α,β-unsaturated/α-hetero) is 1. The number of para-hydroxylation sites is 1. The molecule has 0 aliphatic heterocycles. The maximum absolute atomic E-state index is 11.1. The van der Waals surface area contributed by atoms with Gasteiger partial charge in [0.1, 0.15) is 5.78 Å². The van der Waals surface area contributed by atoms with Gasteiger partial charge in [-0.05, 0) is 19.1 Å². The smallest absolute Gasteiger partial charge is 0.231 e. The minimum absolute atomic E-state index is 0. The van der Waals surface area contributed by atoms with Gasteiger partial charge in [-0.15, -0.1) is 0 Å². The molecule has 3 nitrogen and oxygen atoms in total. The first-order chi connectivity index (χ1) is 6.18. The Balaban J connectivity index is 0.00000169. The van der Waals surface area contributed by atoms with E-state index in [0.717, 1.165) is 0 Å². The van der Waals surface area contributed by atoms with Gasteiger partial charge < -0.3 is 5.32 Å². The standard InChI is InChI=1S/C10H11NO2.K/c1-8(12)7-10(13)11-9-5-3-2-4-6-9;/h2-6H,7H2,1H3,(H,11,13);. The van der Waals surface area contributed by atoms with Gasteiger partial charge in [-0.25, -0.2) is 0 Å². The Labute approximate surface area is 126 Å². The van der Waals surface area contributed by atoms with Gasteiger partial charge in [-0.2, -0.15) is 0 Å². The quantitative estimate of drug-likeness (QED) is 0.610. The van der Waals surface area contributed by atoms with Crippen molar-refractivity contribution in [2.75, 3.05) is 5.32 Å². The second-order valence-electron chi connectivity index (χ2n) is 2.79. The van der Waals surface area contributed by atoms with Crippen molar-refractivity contribution in [2.24, 2.45) is 0 Å². The van der Waals surface area contributed by atoms with Crippen LogP contribution >= 0.6 is 0 Å². The molecule has 0 saturated carbocycles. The van der Waals surface area contributed by atoms with Crippen molar-refractivity contribution in [1.29, 1.82) is 0 Å². The molecular formula is C10H11KNO2. The molecule has 1 rings (SSSR count). The monoisotopic (exact) mass is 216 g/mol. The van der Waals surface area contributed by atoms with Crippen molar-refractivity contribution in [2.45, 2.75) is 13.3 Å². The number of rotatable bonds is 3. The minimum Gasteiger partial charge on any atom is -0.326 e. The summed E-state index contributed by atoms with van der Waals surface area (Å²) in [6.07, 6.45) is -0.0606. The number of hydrogen-bond acceptors (Lipinski definition) is 2. The van der Waals surface area contributed by atoms with Crippen LogP contribution in [0.15, 0.2) is 30.3 Å². The molecule has 0 atom stereocenters. The van der Waals surface area contributed by atoms with Gasteiger partial charge in [0.05, 0.1) is 6.42 Å². The van der Waals surface area contributed by atoms with E-state index >= 15 is 0 Å². The number of nitrogens with one attached hydrogen (secondary N) is 1. The van der Waals surface area contributed by atoms with E-state index in [-0.39, 0.29) is 69.5 Å². The summed E-state index contributed by atoms with van der Waals surface area (Å²) in [6, 6.07) is 9.06. The summed E-state index contributed by atoms with van der Waals surface area (Å²) in [6.45, 7) is 1.39. The average Bonchev–Trinajstić information content (AvgIpc) is 2.04. The molecule has 1 N–H and O–H groups in total. The molecule has 0 aromatic heterocycles. The zero-order valence-corrected chi connectivity index (χ0v) is 11.5. The molecule has 0 saturated heterocycles. The van der Waals surface area contributed by atoms with Crippen molar-refractivity contribution in [3.8, 4) is 0 Å². The molecular weight excluding hydrogens is 205 g/mol. The maximum Gasteiger partial charge on any atom is 0.231 e. The molecule has 0 fully saturated rings. The van der Waals surface area contributed by atoms with Crippen LogP contribution in [-0.2, 0) is 9.59 Å². The van der Waals surface area contributed by atoms with Crippen molar-refractivity contribution in [3.05, 3.63) is 30.3 Å². The first-order valence-corrected chi connectivity index (χ1v) is 4.03. The SMILES string of the molecule is CC(=O)CC(=O)Nc1ccccc1.[K]. The van der Waals surface area contributed by atoms with Crippen LogP contribution in [0.1, 0.15) is 13.3 Å². The number of carbonyl (C=O) groups is 2. The van der Waals surface area contributed by atoms with E-state index in [1.165, 1.54) is 6.92 Å². The zero-order chi connectivity index (χ0) is 9.68. The fraction of sp³-hybridized carbons (Fsp3) is 0.200. The summed E-state index contributed by atoms with van der Waals surface area (Å²) >= 11 is 0.